The number of carbonyl (C=O) groups is 1. The standard InChI is InChI=1S/C5H9NO2/c7-5(8)4-2-1-3-6-4/h4,6H,1-3H2,(H,7,8)/t4-/m0/s1/i1+1D,4+1,6+1/t1?,4-. The van der Waals surface area contributed by atoms with Gasteiger partial charge in [-0.25, -0.2) is 0 Å². The Morgan fingerprint density at radius 2 is 2.75 bits per heavy atom. The first-order valence-corrected chi connectivity index (χ1v) is 2.58. The molecule has 1 fully saturated rings. The van der Waals surface area contributed by atoms with Gasteiger partial charge in [0.1, 0.15) is 6.04 Å². The second kappa shape index (κ2) is 2.13. The molecule has 0 aromatic carbocycles. The zero-order chi connectivity index (χ0) is 6.85. The number of hydrogen-bond donors (Lipinski definition) is 2. The summed E-state index contributed by atoms with van der Waals surface area (Å²) in [7, 11) is 0. The van der Waals surface area contributed by atoms with Crippen molar-refractivity contribution in [3.63, 3.8) is 0 Å². The Balaban J connectivity index is 2.39. The molecule has 1 aliphatic heterocycles. The predicted octanol–water partition coefficient (Wildman–Crippen LogP) is -0.177. The van der Waals surface area contributed by atoms with Gasteiger partial charge in [-0.2, -0.15) is 0 Å². The van der Waals surface area contributed by atoms with Crippen LogP contribution in [0.2, 0.25) is 0 Å². The van der Waals surface area contributed by atoms with Crippen LogP contribution in [0.3, 0.4) is 0 Å². The van der Waals surface area contributed by atoms with Crippen LogP contribution in [0.1, 0.15) is 14.2 Å². The monoisotopic (exact) mass is 119 g/mol. The van der Waals surface area contributed by atoms with Crippen molar-refractivity contribution in [2.45, 2.75) is 18.9 Å². The Morgan fingerprint density at radius 3 is 3.00 bits per heavy atom. The quantitative estimate of drug-likeness (QED) is 0.372. The Hall–Kier alpha value is -0.570. The van der Waals surface area contributed by atoms with Crippen LogP contribution in [0.5, 0.6) is 0 Å². The van der Waals surface area contributed by atoms with Gasteiger partial charge in [0.15, 0.2) is 0 Å². The Bertz CT molecular complexity index is 128. The predicted molar refractivity (Wildman–Crippen MR) is 28.7 cm³/mol. The molecular weight excluding hydrogens is 109 g/mol. The van der Waals surface area contributed by atoms with Gasteiger partial charge >= 0.3 is 5.97 Å². The molecule has 1 unspecified atom stereocenters. The van der Waals surface area contributed by atoms with Crippen LogP contribution in [0.15, 0.2) is 0 Å². The minimum atomic E-state index is -0.843. The maximum absolute atomic E-state index is 10.2. The Labute approximate surface area is 49.1 Å². The zero-order valence-electron chi connectivity index (χ0n) is 5.42. The first-order chi connectivity index (χ1) is 4.20. The molecule has 0 saturated carbocycles. The topological polar surface area (TPSA) is 49.3 Å². The second-order valence-corrected chi connectivity index (χ2v) is 1.82. The van der Waals surface area contributed by atoms with Gasteiger partial charge in [-0.15, -0.1) is 0 Å². The van der Waals surface area contributed by atoms with Gasteiger partial charge in [-0.3, -0.25) is 4.79 Å². The number of nitrogens with one attached hydrogen (secondary N) is 1. The fraction of sp³-hybridized carbons (Fsp3) is 0.800. The average Bonchev–Trinajstić information content (AvgIpc) is 2.14. The van der Waals surface area contributed by atoms with Crippen molar-refractivity contribution in [2.24, 2.45) is 0 Å². The fourth-order valence-corrected chi connectivity index (χ4v) is 0.747. The zero-order valence-corrected chi connectivity index (χ0v) is 4.42. The molecule has 3 heteroatoms. The molecule has 0 aromatic rings. The van der Waals surface area contributed by atoms with E-state index in [4.69, 9.17) is 6.48 Å². The molecule has 3 nitrogen and oxygen atoms in total. The largest absolute Gasteiger partial charge is 0.480 e. The summed E-state index contributed by atoms with van der Waals surface area (Å²) in [6.07, 6.45) is 0.209. The maximum atomic E-state index is 10.2. The molecule has 0 aliphatic carbocycles. The molecular formula is C5H9NO2. The number of hydrogen-bond acceptors (Lipinski definition) is 2. The Morgan fingerprint density at radius 1 is 2.00 bits per heavy atom. The van der Waals surface area contributed by atoms with E-state index >= 15 is 0 Å². The molecule has 1 rings (SSSR count). The lowest BCUT2D eigenvalue weighted by molar-refractivity contribution is -0.139. The Kier molecular flexibility index (Phi) is 1.15. The van der Waals surface area contributed by atoms with Crippen molar-refractivity contribution >= 4 is 5.97 Å². The van der Waals surface area contributed by atoms with Gasteiger partial charge in [0.25, 0.3) is 0 Å². The molecule has 0 radical (unpaired) electrons. The fourth-order valence-electron chi connectivity index (χ4n) is 0.747. The van der Waals surface area contributed by atoms with E-state index in [9.17, 15) is 4.79 Å². The summed E-state index contributed by atoms with van der Waals surface area (Å²) in [5, 5.41) is 11.1. The summed E-state index contributed by atoms with van der Waals surface area (Å²) in [4.78, 5) is 10.2. The van der Waals surface area contributed by atoms with Gasteiger partial charge < -0.3 is 10.4 Å². The molecule has 0 bridgehead atoms. The van der Waals surface area contributed by atoms with Gasteiger partial charge in [-0.05, 0) is 19.4 Å². The number of rotatable bonds is 1. The smallest absolute Gasteiger partial charge is 0.320 e. The first-order valence-electron chi connectivity index (χ1n) is 3.16. The van der Waals surface area contributed by atoms with Gasteiger partial charge in [-0.1, -0.05) is 0 Å². The van der Waals surface area contributed by atoms with Crippen molar-refractivity contribution in [3.05, 3.63) is 0 Å². The summed E-state index contributed by atoms with van der Waals surface area (Å²) >= 11 is 0. The van der Waals surface area contributed by atoms with Crippen LogP contribution in [-0.2, 0) is 4.79 Å². The van der Waals surface area contributed by atoms with E-state index in [0.29, 0.717) is 13.0 Å². The minimum absolute atomic E-state index is 0.230. The van der Waals surface area contributed by atoms with Crippen molar-refractivity contribution in [1.82, 2.24) is 5.32 Å². The van der Waals surface area contributed by atoms with Crippen molar-refractivity contribution in [3.8, 4) is 0 Å². The molecule has 8 heavy (non-hydrogen) atoms. The van der Waals surface area contributed by atoms with E-state index in [2.05, 4.69) is 5.32 Å². The molecule has 1 heterocycles. The van der Waals surface area contributed by atoms with E-state index in [1.165, 1.54) is 0 Å². The van der Waals surface area contributed by atoms with E-state index in [1.54, 1.807) is 0 Å². The minimum Gasteiger partial charge on any atom is -0.480 e. The van der Waals surface area contributed by atoms with Gasteiger partial charge in [0.2, 0.25) is 0 Å². The molecule has 46 valence electrons. The van der Waals surface area contributed by atoms with Crippen molar-refractivity contribution in [2.75, 3.05) is 6.54 Å². The highest BCUT2D eigenvalue weighted by molar-refractivity contribution is 5.73. The summed E-state index contributed by atoms with van der Waals surface area (Å²) in [5.74, 6) is -0.843. The highest BCUT2D eigenvalue weighted by Crippen LogP contribution is 2.03. The lowest BCUT2D eigenvalue weighted by Crippen LogP contribution is -2.29. The van der Waals surface area contributed by atoms with Crippen LogP contribution in [0.4, 0.5) is 0 Å². The number of aliphatic carboxylic acids is 1. The van der Waals surface area contributed by atoms with E-state index < -0.39 is 12.0 Å². The van der Waals surface area contributed by atoms with Crippen LogP contribution in [0.25, 0.3) is 0 Å². The van der Waals surface area contributed by atoms with E-state index in [0.717, 1.165) is 0 Å². The van der Waals surface area contributed by atoms with Crippen LogP contribution in [-0.4, -0.2) is 23.7 Å². The lowest BCUT2D eigenvalue weighted by Gasteiger charge is -1.99. The third-order valence-corrected chi connectivity index (χ3v) is 1.21. The normalized spacial score (nSPS) is 39.2. The summed E-state index contributed by atoms with van der Waals surface area (Å²) in [6.45, 7) is 0.511. The highest BCUT2D eigenvalue weighted by Gasteiger charge is 2.20. The SMILES string of the molecule is [2H][13CH]1C[15NH][13C@H](C(=O)O)C1. The molecule has 1 saturated heterocycles. The van der Waals surface area contributed by atoms with E-state index in [1.807, 2.05) is 0 Å². The molecule has 2 N–H and O–H groups in total. The summed E-state index contributed by atoms with van der Waals surface area (Å²) < 4.78 is 7.13. The van der Waals surface area contributed by atoms with Crippen LogP contribution in [0, 0.1) is 0 Å². The average molecular weight is 119 g/mol. The summed E-state index contributed by atoms with van der Waals surface area (Å²) in [6, 6.07) is -0.479. The lowest BCUT2D eigenvalue weighted by atomic mass is 10.7. The highest BCUT2D eigenvalue weighted by atomic mass is 16.4. The van der Waals surface area contributed by atoms with Crippen molar-refractivity contribution < 1.29 is 11.3 Å². The first kappa shape index (κ1) is 4.32. The molecule has 0 aromatic heterocycles. The van der Waals surface area contributed by atoms with Gasteiger partial charge in [0.05, 0.1) is 0 Å². The molecule has 0 spiro atoms. The van der Waals surface area contributed by atoms with E-state index in [-0.39, 0.29) is 6.40 Å². The second-order valence-electron chi connectivity index (χ2n) is 1.82. The number of carboxylic acids is 1. The molecule has 2 atom stereocenters. The summed E-state index contributed by atoms with van der Waals surface area (Å²) in [5.41, 5.74) is 0. The van der Waals surface area contributed by atoms with Crippen LogP contribution < -0.4 is 5.32 Å². The third-order valence-electron chi connectivity index (χ3n) is 1.21. The van der Waals surface area contributed by atoms with Crippen molar-refractivity contribution in [1.29, 1.82) is 0 Å². The molecule has 1 aliphatic rings. The third kappa shape index (κ3) is 0.980. The maximum Gasteiger partial charge on any atom is 0.320 e. The van der Waals surface area contributed by atoms with Gasteiger partial charge in [0, 0.05) is 1.37 Å². The number of carboxylic acid groups (broad SMARTS) is 1. The molecule has 0 amide bonds. The van der Waals surface area contributed by atoms with Crippen LogP contribution >= 0.6 is 0 Å².